The number of piperidine rings is 1. The summed E-state index contributed by atoms with van der Waals surface area (Å²) >= 11 is 0. The molecule has 0 saturated carbocycles. The third kappa shape index (κ3) is 8.50. The number of hydrogen-bond acceptors (Lipinski definition) is 4. The predicted octanol–water partition coefficient (Wildman–Crippen LogP) is 3.54. The van der Waals surface area contributed by atoms with Gasteiger partial charge in [-0.3, -0.25) is 9.69 Å². The second kappa shape index (κ2) is 14.1. The number of rotatable bonds is 11. The molecule has 1 N–H and O–H groups in total. The van der Waals surface area contributed by atoms with Crippen LogP contribution in [0.15, 0.2) is 72.8 Å². The SMILES string of the molecule is Bc1ccc(CN(CC2CCN(CC(=O)c3ccccc3)CC2)C(=O)NCc2ccc(COC)cc2)c(F)c1. The first-order valence-electron chi connectivity index (χ1n) is 13.6. The number of halogens is 1. The zero-order valence-corrected chi connectivity index (χ0v) is 22.9. The number of nitrogens with one attached hydrogen (secondary N) is 1. The van der Waals surface area contributed by atoms with Gasteiger partial charge in [-0.2, -0.15) is 0 Å². The van der Waals surface area contributed by atoms with E-state index in [0.717, 1.165) is 48.1 Å². The first-order chi connectivity index (χ1) is 18.9. The van der Waals surface area contributed by atoms with Gasteiger partial charge in [0.2, 0.25) is 0 Å². The Labute approximate surface area is 231 Å². The number of ketones is 1. The second-order valence-electron chi connectivity index (χ2n) is 10.4. The van der Waals surface area contributed by atoms with Crippen LogP contribution in [0.5, 0.6) is 0 Å². The Bertz CT molecular complexity index is 1230. The van der Waals surface area contributed by atoms with Gasteiger partial charge in [-0.05, 0) is 49.0 Å². The Morgan fingerprint density at radius 2 is 1.72 bits per heavy atom. The molecule has 0 bridgehead atoms. The van der Waals surface area contributed by atoms with E-state index in [-0.39, 0.29) is 30.1 Å². The molecule has 1 fully saturated rings. The topological polar surface area (TPSA) is 61.9 Å². The van der Waals surface area contributed by atoms with Gasteiger partial charge in [0, 0.05) is 31.3 Å². The maximum Gasteiger partial charge on any atom is 0.317 e. The third-order valence-corrected chi connectivity index (χ3v) is 7.28. The normalized spacial score (nSPS) is 14.2. The lowest BCUT2D eigenvalue weighted by molar-refractivity contribution is 0.0881. The summed E-state index contributed by atoms with van der Waals surface area (Å²) < 4.78 is 19.9. The molecule has 4 rings (SSSR count). The molecule has 0 radical (unpaired) electrons. The molecule has 1 saturated heterocycles. The molecule has 3 aromatic rings. The van der Waals surface area contributed by atoms with Crippen molar-refractivity contribution in [3.63, 3.8) is 0 Å². The smallest absolute Gasteiger partial charge is 0.317 e. The summed E-state index contributed by atoms with van der Waals surface area (Å²) in [5.41, 5.74) is 4.14. The fourth-order valence-corrected chi connectivity index (χ4v) is 4.97. The van der Waals surface area contributed by atoms with Crippen molar-refractivity contribution in [3.05, 3.63) is 101 Å². The standard InChI is InChI=1S/C31H37BFN3O3/c1-39-22-25-9-7-23(8-10-25)18-34-31(38)36(20-27-11-12-28(32)17-29(27)33)19-24-13-15-35(16-14-24)21-30(37)26-5-3-2-4-6-26/h2-12,17,24H,13-16,18-22,32H2,1H3,(H,34,38). The molecule has 3 aromatic carbocycles. The summed E-state index contributed by atoms with van der Waals surface area (Å²) in [5.74, 6) is 0.108. The quantitative estimate of drug-likeness (QED) is 0.305. The van der Waals surface area contributed by atoms with E-state index in [4.69, 9.17) is 4.74 Å². The lowest BCUT2D eigenvalue weighted by atomic mass is 9.94. The summed E-state index contributed by atoms with van der Waals surface area (Å²) in [6, 6.07) is 22.2. The number of carbonyl (C=O) groups excluding carboxylic acids is 2. The van der Waals surface area contributed by atoms with Gasteiger partial charge in [-0.15, -0.1) is 0 Å². The minimum absolute atomic E-state index is 0.125. The van der Waals surface area contributed by atoms with E-state index in [1.807, 2.05) is 68.5 Å². The average Bonchev–Trinajstić information content (AvgIpc) is 2.95. The van der Waals surface area contributed by atoms with Crippen molar-refractivity contribution in [2.75, 3.05) is 33.3 Å². The third-order valence-electron chi connectivity index (χ3n) is 7.28. The Hall–Kier alpha value is -3.49. The van der Waals surface area contributed by atoms with Crippen LogP contribution in [-0.4, -0.2) is 62.7 Å². The average molecular weight is 529 g/mol. The van der Waals surface area contributed by atoms with E-state index in [9.17, 15) is 14.0 Å². The Morgan fingerprint density at radius 3 is 2.38 bits per heavy atom. The van der Waals surface area contributed by atoms with Crippen LogP contribution >= 0.6 is 0 Å². The van der Waals surface area contributed by atoms with Crippen molar-refractivity contribution in [1.82, 2.24) is 15.1 Å². The molecule has 0 unspecified atom stereocenters. The van der Waals surface area contributed by atoms with Crippen molar-refractivity contribution in [2.45, 2.75) is 32.5 Å². The molecule has 0 aromatic heterocycles. The Morgan fingerprint density at radius 1 is 1.03 bits per heavy atom. The lowest BCUT2D eigenvalue weighted by Crippen LogP contribution is -2.45. The fraction of sp³-hybridized carbons (Fsp3) is 0.355. The molecule has 204 valence electrons. The maximum atomic E-state index is 14.7. The number of amides is 2. The molecule has 8 heteroatoms. The highest BCUT2D eigenvalue weighted by molar-refractivity contribution is 6.32. The zero-order valence-electron chi connectivity index (χ0n) is 22.9. The van der Waals surface area contributed by atoms with Gasteiger partial charge in [0.15, 0.2) is 5.78 Å². The van der Waals surface area contributed by atoms with Crippen molar-refractivity contribution < 1.29 is 18.7 Å². The Balaban J connectivity index is 1.36. The molecule has 6 nitrogen and oxygen atoms in total. The van der Waals surface area contributed by atoms with Crippen molar-refractivity contribution in [1.29, 1.82) is 0 Å². The van der Waals surface area contributed by atoms with Crippen LogP contribution in [0.4, 0.5) is 9.18 Å². The summed E-state index contributed by atoms with van der Waals surface area (Å²) in [7, 11) is 3.51. The minimum atomic E-state index is -0.296. The van der Waals surface area contributed by atoms with Crippen LogP contribution < -0.4 is 10.8 Å². The fourth-order valence-electron chi connectivity index (χ4n) is 4.97. The van der Waals surface area contributed by atoms with Crippen molar-refractivity contribution in [2.24, 2.45) is 5.92 Å². The van der Waals surface area contributed by atoms with E-state index < -0.39 is 0 Å². The van der Waals surface area contributed by atoms with E-state index >= 15 is 0 Å². The number of methoxy groups -OCH3 is 1. The van der Waals surface area contributed by atoms with Crippen LogP contribution in [0.25, 0.3) is 0 Å². The van der Waals surface area contributed by atoms with Crippen molar-refractivity contribution in [3.8, 4) is 0 Å². The predicted molar refractivity (Wildman–Crippen MR) is 154 cm³/mol. The molecule has 0 atom stereocenters. The number of nitrogens with zero attached hydrogens (tertiary/aromatic N) is 2. The number of urea groups is 1. The summed E-state index contributed by atoms with van der Waals surface area (Å²) in [6.45, 7) is 3.67. The molecular weight excluding hydrogens is 492 g/mol. The monoisotopic (exact) mass is 529 g/mol. The number of likely N-dealkylation sites (tertiary alicyclic amines) is 1. The highest BCUT2D eigenvalue weighted by atomic mass is 19.1. The van der Waals surface area contributed by atoms with Crippen LogP contribution in [0, 0.1) is 11.7 Å². The molecule has 2 amide bonds. The first-order valence-corrected chi connectivity index (χ1v) is 13.6. The molecule has 0 aliphatic carbocycles. The van der Waals surface area contributed by atoms with E-state index in [2.05, 4.69) is 10.2 Å². The highest BCUT2D eigenvalue weighted by Crippen LogP contribution is 2.21. The van der Waals surface area contributed by atoms with Crippen LogP contribution in [0.3, 0.4) is 0 Å². The molecular formula is C31H37BFN3O3. The summed E-state index contributed by atoms with van der Waals surface area (Å²) in [6.07, 6.45) is 1.76. The second-order valence-corrected chi connectivity index (χ2v) is 10.4. The summed E-state index contributed by atoms with van der Waals surface area (Å²) in [4.78, 5) is 29.9. The molecule has 1 aliphatic rings. The molecule has 0 spiro atoms. The van der Waals surface area contributed by atoms with Gasteiger partial charge < -0.3 is 15.0 Å². The van der Waals surface area contributed by atoms with Gasteiger partial charge in [0.1, 0.15) is 13.7 Å². The van der Waals surface area contributed by atoms with Gasteiger partial charge in [0.05, 0.1) is 19.7 Å². The number of ether oxygens (including phenoxy) is 1. The molecule has 39 heavy (non-hydrogen) atoms. The maximum absolute atomic E-state index is 14.7. The number of Topliss-reactive ketones (excluding diaryl/α,β-unsaturated/α-hetero) is 1. The number of carbonyl (C=O) groups is 2. The molecule has 1 aliphatic heterocycles. The lowest BCUT2D eigenvalue weighted by Gasteiger charge is -2.34. The van der Waals surface area contributed by atoms with Crippen LogP contribution in [0.1, 0.15) is 39.9 Å². The van der Waals surface area contributed by atoms with E-state index in [1.54, 1.807) is 18.1 Å². The Kier molecular flexibility index (Phi) is 10.3. The number of hydrogen-bond donors (Lipinski definition) is 1. The van der Waals surface area contributed by atoms with Gasteiger partial charge >= 0.3 is 6.03 Å². The summed E-state index contributed by atoms with van der Waals surface area (Å²) in [5, 5.41) is 3.02. The van der Waals surface area contributed by atoms with Gasteiger partial charge in [-0.25, -0.2) is 9.18 Å². The molecule has 1 heterocycles. The minimum Gasteiger partial charge on any atom is -0.380 e. The van der Waals surface area contributed by atoms with Crippen LogP contribution in [-0.2, 0) is 24.4 Å². The van der Waals surface area contributed by atoms with Gasteiger partial charge in [0.25, 0.3) is 0 Å². The zero-order chi connectivity index (χ0) is 27.6. The van der Waals surface area contributed by atoms with E-state index in [0.29, 0.717) is 31.8 Å². The van der Waals surface area contributed by atoms with Gasteiger partial charge in [-0.1, -0.05) is 72.2 Å². The first kappa shape index (κ1) is 28.5. The van der Waals surface area contributed by atoms with Crippen LogP contribution in [0.2, 0.25) is 0 Å². The van der Waals surface area contributed by atoms with E-state index in [1.165, 1.54) is 6.07 Å². The largest absolute Gasteiger partial charge is 0.380 e. The highest BCUT2D eigenvalue weighted by Gasteiger charge is 2.25. The van der Waals surface area contributed by atoms with Crippen molar-refractivity contribution >= 4 is 25.1 Å². The number of benzene rings is 3.